The van der Waals surface area contributed by atoms with Crippen LogP contribution in [0.25, 0.3) is 11.7 Å². The minimum absolute atomic E-state index is 0.0497. The second-order valence-electron chi connectivity index (χ2n) is 8.66. The van der Waals surface area contributed by atoms with Crippen LogP contribution >= 0.6 is 0 Å². The van der Waals surface area contributed by atoms with E-state index in [0.29, 0.717) is 34.7 Å². The van der Waals surface area contributed by atoms with Gasteiger partial charge in [0.2, 0.25) is 23.7 Å². The average Bonchev–Trinajstić information content (AvgIpc) is 3.42. The molecule has 0 aromatic carbocycles. The standard InChI is InChI=1S/C21H26N8O3/c1-22-18(31)11-2-4-14(5-3-11)24-20-27-17-13(8-12-9-16(30)26-19(12)32)10-23-29(17)21(28-20)25-15-6-7-15/h8,10-11,14-15H,2-7,9H2,1H3,(H,22,31)(H,26,30,32)(H2,24,25,27,28)/b12-8+. The van der Waals surface area contributed by atoms with E-state index in [2.05, 4.69) is 36.3 Å². The Balaban J connectivity index is 1.41. The molecule has 4 N–H and O–H groups in total. The number of nitrogens with one attached hydrogen (secondary N) is 4. The molecule has 2 aromatic heterocycles. The summed E-state index contributed by atoms with van der Waals surface area (Å²) < 4.78 is 1.63. The van der Waals surface area contributed by atoms with Gasteiger partial charge in [0.25, 0.3) is 5.91 Å². The first-order valence-corrected chi connectivity index (χ1v) is 11.1. The highest BCUT2D eigenvalue weighted by atomic mass is 16.2. The summed E-state index contributed by atoms with van der Waals surface area (Å²) in [7, 11) is 1.67. The molecule has 3 heterocycles. The van der Waals surface area contributed by atoms with Gasteiger partial charge in [-0.05, 0) is 44.6 Å². The first kappa shape index (κ1) is 20.4. The van der Waals surface area contributed by atoms with E-state index in [0.717, 1.165) is 38.5 Å². The maximum Gasteiger partial charge on any atom is 0.254 e. The molecule has 0 radical (unpaired) electrons. The normalized spacial score (nSPS) is 24.6. The summed E-state index contributed by atoms with van der Waals surface area (Å²) in [5, 5.41) is 16.2. The first-order valence-electron chi connectivity index (χ1n) is 11.1. The van der Waals surface area contributed by atoms with Crippen LogP contribution in [0.4, 0.5) is 11.9 Å². The molecule has 11 nitrogen and oxygen atoms in total. The Morgan fingerprint density at radius 3 is 2.47 bits per heavy atom. The van der Waals surface area contributed by atoms with E-state index in [1.54, 1.807) is 23.8 Å². The van der Waals surface area contributed by atoms with Crippen LogP contribution in [0.2, 0.25) is 0 Å². The molecule has 2 aliphatic carbocycles. The van der Waals surface area contributed by atoms with Crippen LogP contribution in [0.3, 0.4) is 0 Å². The lowest BCUT2D eigenvalue weighted by molar-refractivity contribution is -0.126. The highest BCUT2D eigenvalue weighted by Gasteiger charge is 2.28. The highest BCUT2D eigenvalue weighted by Crippen LogP contribution is 2.29. The molecule has 5 rings (SSSR count). The molecule has 1 saturated heterocycles. The third kappa shape index (κ3) is 4.14. The highest BCUT2D eigenvalue weighted by molar-refractivity contribution is 6.15. The molecule has 0 unspecified atom stereocenters. The van der Waals surface area contributed by atoms with Crippen molar-refractivity contribution in [2.45, 2.75) is 57.0 Å². The number of hydrogen-bond acceptors (Lipinski definition) is 8. The van der Waals surface area contributed by atoms with Crippen molar-refractivity contribution in [1.82, 2.24) is 30.2 Å². The van der Waals surface area contributed by atoms with Crippen LogP contribution < -0.4 is 21.3 Å². The summed E-state index contributed by atoms with van der Waals surface area (Å²) in [6.45, 7) is 0. The third-order valence-corrected chi connectivity index (χ3v) is 6.21. The fourth-order valence-corrected chi connectivity index (χ4v) is 4.26. The molecule has 0 bridgehead atoms. The summed E-state index contributed by atoms with van der Waals surface area (Å²) in [6, 6.07) is 0.545. The Morgan fingerprint density at radius 1 is 1.09 bits per heavy atom. The summed E-state index contributed by atoms with van der Waals surface area (Å²) in [4.78, 5) is 44.7. The van der Waals surface area contributed by atoms with E-state index in [9.17, 15) is 14.4 Å². The number of carbonyl (C=O) groups excluding carboxylic acids is 3. The minimum atomic E-state index is -0.383. The molecule has 3 amide bonds. The van der Waals surface area contributed by atoms with Crippen LogP contribution in [0, 0.1) is 5.92 Å². The molecule has 168 valence electrons. The van der Waals surface area contributed by atoms with Crippen LogP contribution in [0.1, 0.15) is 50.5 Å². The van der Waals surface area contributed by atoms with Gasteiger partial charge >= 0.3 is 0 Å². The van der Waals surface area contributed by atoms with Gasteiger partial charge in [0.05, 0.1) is 12.6 Å². The number of rotatable bonds is 6. The maximum absolute atomic E-state index is 12.0. The van der Waals surface area contributed by atoms with Crippen molar-refractivity contribution >= 4 is 41.3 Å². The summed E-state index contributed by atoms with van der Waals surface area (Å²) >= 11 is 0. The number of aromatic nitrogens is 4. The van der Waals surface area contributed by atoms with Crippen LogP contribution in [0.5, 0.6) is 0 Å². The SMILES string of the molecule is CNC(=O)C1CCC(Nc2nc(NC3CC3)n3ncc(/C=C4\CC(=O)NC4=O)c3n2)CC1. The van der Waals surface area contributed by atoms with Gasteiger partial charge in [0.15, 0.2) is 5.65 Å². The third-order valence-electron chi connectivity index (χ3n) is 6.21. The van der Waals surface area contributed by atoms with Crippen molar-refractivity contribution in [3.8, 4) is 0 Å². The zero-order valence-electron chi connectivity index (χ0n) is 17.9. The number of imide groups is 1. The first-order chi connectivity index (χ1) is 15.5. The molecule has 1 aliphatic heterocycles. The second kappa shape index (κ2) is 8.21. The Hall–Kier alpha value is -3.50. The predicted octanol–water partition coefficient (Wildman–Crippen LogP) is 0.845. The van der Waals surface area contributed by atoms with Gasteiger partial charge in [0, 0.05) is 36.2 Å². The fourth-order valence-electron chi connectivity index (χ4n) is 4.26. The van der Waals surface area contributed by atoms with Crippen LogP contribution in [0.15, 0.2) is 11.8 Å². The Morgan fingerprint density at radius 2 is 1.81 bits per heavy atom. The lowest BCUT2D eigenvalue weighted by Crippen LogP contribution is -2.34. The van der Waals surface area contributed by atoms with Gasteiger partial charge in [-0.3, -0.25) is 19.7 Å². The Kier molecular flexibility index (Phi) is 5.24. The average molecular weight is 438 g/mol. The summed E-state index contributed by atoms with van der Waals surface area (Å²) in [6.07, 6.45) is 8.86. The maximum atomic E-state index is 12.0. The largest absolute Gasteiger partial charge is 0.359 e. The van der Waals surface area contributed by atoms with Crippen LogP contribution in [-0.2, 0) is 14.4 Å². The zero-order chi connectivity index (χ0) is 22.2. The lowest BCUT2D eigenvalue weighted by atomic mass is 9.85. The lowest BCUT2D eigenvalue weighted by Gasteiger charge is -2.28. The van der Waals surface area contributed by atoms with Gasteiger partial charge in [-0.15, -0.1) is 0 Å². The molecule has 3 aliphatic rings. The molecule has 0 spiro atoms. The van der Waals surface area contributed by atoms with Crippen molar-refractivity contribution in [2.75, 3.05) is 17.7 Å². The molecular formula is C21H26N8O3. The molecule has 2 saturated carbocycles. The molecule has 2 aromatic rings. The van der Waals surface area contributed by atoms with Crippen LogP contribution in [-0.4, -0.2) is 56.4 Å². The van der Waals surface area contributed by atoms with E-state index in [-0.39, 0.29) is 36.1 Å². The Labute approximate surface area is 184 Å². The van der Waals surface area contributed by atoms with Crippen molar-refractivity contribution in [1.29, 1.82) is 0 Å². The Bertz CT molecular complexity index is 1110. The van der Waals surface area contributed by atoms with Gasteiger partial charge in [-0.1, -0.05) is 0 Å². The van der Waals surface area contributed by atoms with Gasteiger partial charge in [-0.25, -0.2) is 0 Å². The van der Waals surface area contributed by atoms with Gasteiger partial charge in [-0.2, -0.15) is 19.6 Å². The zero-order valence-corrected chi connectivity index (χ0v) is 17.9. The number of amides is 3. The molecule has 11 heteroatoms. The summed E-state index contributed by atoms with van der Waals surface area (Å²) in [5.41, 5.74) is 1.60. The quantitative estimate of drug-likeness (QED) is 0.384. The smallest absolute Gasteiger partial charge is 0.254 e. The van der Waals surface area contributed by atoms with Gasteiger partial charge < -0.3 is 16.0 Å². The number of fused-ring (bicyclic) bond motifs is 1. The molecule has 32 heavy (non-hydrogen) atoms. The van der Waals surface area contributed by atoms with Crippen molar-refractivity contribution in [3.63, 3.8) is 0 Å². The van der Waals surface area contributed by atoms with Crippen molar-refractivity contribution < 1.29 is 14.4 Å². The summed E-state index contributed by atoms with van der Waals surface area (Å²) in [5.74, 6) is 0.543. The second-order valence-corrected chi connectivity index (χ2v) is 8.66. The molecule has 3 fully saturated rings. The van der Waals surface area contributed by atoms with E-state index in [1.807, 2.05) is 0 Å². The monoisotopic (exact) mass is 438 g/mol. The van der Waals surface area contributed by atoms with Crippen molar-refractivity contribution in [3.05, 3.63) is 17.3 Å². The predicted molar refractivity (Wildman–Crippen MR) is 117 cm³/mol. The minimum Gasteiger partial charge on any atom is -0.359 e. The van der Waals surface area contributed by atoms with E-state index >= 15 is 0 Å². The molecule has 0 atom stereocenters. The van der Waals surface area contributed by atoms with E-state index < -0.39 is 0 Å². The molecular weight excluding hydrogens is 412 g/mol. The number of anilines is 2. The van der Waals surface area contributed by atoms with E-state index in [4.69, 9.17) is 0 Å². The van der Waals surface area contributed by atoms with Gasteiger partial charge in [0.1, 0.15) is 0 Å². The number of hydrogen-bond donors (Lipinski definition) is 4. The number of carbonyl (C=O) groups is 3. The van der Waals surface area contributed by atoms with E-state index in [1.165, 1.54) is 0 Å². The van der Waals surface area contributed by atoms with Crippen molar-refractivity contribution in [2.24, 2.45) is 5.92 Å². The topological polar surface area (TPSA) is 142 Å². The number of nitrogens with zero attached hydrogens (tertiary/aromatic N) is 4. The fraction of sp³-hybridized carbons (Fsp3) is 0.524.